The first kappa shape index (κ1) is 16.3. The standard InChI is InChI=1S/C8H13NO8P2/c1-17-7-2-4-9(5-3-7)6-8(10,18(11,12)13)19(14,15)16/h2-5,10H,6H2,1H3,(H3-,11,12,13,14,15,16)/p+1. The molecule has 0 aliphatic rings. The van der Waals surface area contributed by atoms with Crippen LogP contribution >= 0.6 is 15.2 Å². The zero-order valence-electron chi connectivity index (χ0n) is 9.82. The molecule has 0 atom stereocenters. The molecule has 0 saturated carbocycles. The van der Waals surface area contributed by atoms with Gasteiger partial charge in [0.05, 0.1) is 7.11 Å². The molecule has 0 amide bonds. The van der Waals surface area contributed by atoms with Crippen LogP contribution in [0, 0.1) is 0 Å². The van der Waals surface area contributed by atoms with Crippen LogP contribution in [0.4, 0.5) is 0 Å². The third-order valence-corrected chi connectivity index (χ3v) is 6.14. The Morgan fingerprint density at radius 3 is 1.89 bits per heavy atom. The number of rotatable bonds is 5. The zero-order chi connectivity index (χ0) is 14.9. The van der Waals surface area contributed by atoms with E-state index >= 15 is 0 Å². The molecule has 1 aromatic rings. The summed E-state index contributed by atoms with van der Waals surface area (Å²) in [6, 6.07) is 2.81. The Balaban J connectivity index is 3.16. The van der Waals surface area contributed by atoms with Crippen LogP contribution in [0.3, 0.4) is 0 Å². The second kappa shape index (κ2) is 5.30. The predicted octanol–water partition coefficient (Wildman–Crippen LogP) is -1.02. The van der Waals surface area contributed by atoms with Crippen molar-refractivity contribution in [3.05, 3.63) is 24.5 Å². The van der Waals surface area contributed by atoms with Gasteiger partial charge in [0.15, 0.2) is 12.4 Å². The molecule has 0 unspecified atom stereocenters. The van der Waals surface area contributed by atoms with Gasteiger partial charge in [0.1, 0.15) is 5.75 Å². The molecule has 0 bridgehead atoms. The van der Waals surface area contributed by atoms with Crippen molar-refractivity contribution >= 4 is 15.2 Å². The van der Waals surface area contributed by atoms with Gasteiger partial charge >= 0.3 is 20.3 Å². The van der Waals surface area contributed by atoms with Crippen LogP contribution in [0.5, 0.6) is 5.75 Å². The van der Waals surface area contributed by atoms with Crippen molar-refractivity contribution in [2.75, 3.05) is 7.11 Å². The summed E-state index contributed by atoms with van der Waals surface area (Å²) >= 11 is 0. The highest BCUT2D eigenvalue weighted by Gasteiger charge is 2.62. The summed E-state index contributed by atoms with van der Waals surface area (Å²) in [6.45, 7) is -0.967. The van der Waals surface area contributed by atoms with E-state index in [2.05, 4.69) is 0 Å². The number of aromatic nitrogens is 1. The Morgan fingerprint density at radius 1 is 1.16 bits per heavy atom. The lowest BCUT2D eigenvalue weighted by Gasteiger charge is -2.26. The van der Waals surface area contributed by atoms with E-state index in [-0.39, 0.29) is 0 Å². The molecule has 0 aliphatic carbocycles. The van der Waals surface area contributed by atoms with Crippen LogP contribution in [0.15, 0.2) is 24.5 Å². The Kier molecular flexibility index (Phi) is 4.54. The number of nitrogens with zero attached hydrogens (tertiary/aromatic N) is 1. The fourth-order valence-electron chi connectivity index (χ4n) is 1.28. The van der Waals surface area contributed by atoms with Crippen LogP contribution in [0.1, 0.15) is 0 Å². The molecule has 19 heavy (non-hydrogen) atoms. The molecule has 108 valence electrons. The van der Waals surface area contributed by atoms with E-state index in [9.17, 15) is 14.2 Å². The van der Waals surface area contributed by atoms with Gasteiger partial charge in [0.25, 0.3) is 0 Å². The summed E-state index contributed by atoms with van der Waals surface area (Å²) in [6.07, 6.45) is 2.52. The maximum atomic E-state index is 11.1. The number of hydrogen-bond donors (Lipinski definition) is 5. The molecule has 9 nitrogen and oxygen atoms in total. The Bertz CT molecular complexity index is 510. The summed E-state index contributed by atoms with van der Waals surface area (Å²) in [5, 5.41) is 6.21. The Hall–Kier alpha value is -0.790. The monoisotopic (exact) mass is 314 g/mol. The lowest BCUT2D eigenvalue weighted by Crippen LogP contribution is -2.47. The molecule has 11 heteroatoms. The van der Waals surface area contributed by atoms with Gasteiger partial charge in [-0.05, 0) is 0 Å². The number of aliphatic hydroxyl groups is 1. The average molecular weight is 314 g/mol. The van der Waals surface area contributed by atoms with E-state index in [0.29, 0.717) is 5.75 Å². The number of methoxy groups -OCH3 is 1. The van der Waals surface area contributed by atoms with Crippen molar-refractivity contribution in [3.8, 4) is 5.75 Å². The van der Waals surface area contributed by atoms with Gasteiger partial charge in [-0.3, -0.25) is 9.13 Å². The van der Waals surface area contributed by atoms with Crippen LogP contribution in [0.2, 0.25) is 0 Å². The lowest BCUT2D eigenvalue weighted by molar-refractivity contribution is -0.703. The van der Waals surface area contributed by atoms with Crippen molar-refractivity contribution in [1.82, 2.24) is 0 Å². The Morgan fingerprint density at radius 2 is 1.58 bits per heavy atom. The van der Waals surface area contributed by atoms with E-state index < -0.39 is 26.8 Å². The second-order valence-electron chi connectivity index (χ2n) is 3.77. The van der Waals surface area contributed by atoms with Gasteiger partial charge in [0.2, 0.25) is 6.54 Å². The quantitative estimate of drug-likeness (QED) is 0.343. The van der Waals surface area contributed by atoms with E-state index in [1.807, 2.05) is 0 Å². The van der Waals surface area contributed by atoms with E-state index in [4.69, 9.17) is 24.3 Å². The maximum Gasteiger partial charge on any atom is 0.376 e. The van der Waals surface area contributed by atoms with Gasteiger partial charge in [0, 0.05) is 12.1 Å². The third kappa shape index (κ3) is 3.40. The molecule has 5 N–H and O–H groups in total. The highest BCUT2D eigenvalue weighted by atomic mass is 31.2. The Labute approximate surface area is 108 Å². The molecule has 1 heterocycles. The van der Waals surface area contributed by atoms with E-state index in [1.54, 1.807) is 0 Å². The lowest BCUT2D eigenvalue weighted by atomic mass is 10.4. The van der Waals surface area contributed by atoms with Gasteiger partial charge in [-0.2, -0.15) is 0 Å². The number of hydrogen-bond acceptors (Lipinski definition) is 4. The summed E-state index contributed by atoms with van der Waals surface area (Å²) in [5.41, 5.74) is 0. The molecule has 0 aliphatic heterocycles. The third-order valence-electron chi connectivity index (χ3n) is 2.42. The number of ether oxygens (including phenoxy) is 1. The first-order valence-electron chi connectivity index (χ1n) is 4.88. The van der Waals surface area contributed by atoms with Crippen molar-refractivity contribution in [2.24, 2.45) is 0 Å². The van der Waals surface area contributed by atoms with E-state index in [0.717, 1.165) is 4.57 Å². The van der Waals surface area contributed by atoms with Crippen molar-refractivity contribution < 1.29 is 43.1 Å². The summed E-state index contributed by atoms with van der Waals surface area (Å²) < 4.78 is 28.2. The van der Waals surface area contributed by atoms with Crippen LogP contribution in [-0.4, -0.2) is 36.9 Å². The fraction of sp³-hybridized carbons (Fsp3) is 0.375. The normalized spacial score (nSPS) is 13.4. The summed E-state index contributed by atoms with van der Waals surface area (Å²) in [5.74, 6) is 0.437. The molecule has 0 fully saturated rings. The molecular formula is C8H14NO8P2+. The highest BCUT2D eigenvalue weighted by Crippen LogP contribution is 2.67. The molecule has 1 aromatic heterocycles. The largest absolute Gasteiger partial charge is 0.496 e. The van der Waals surface area contributed by atoms with Crippen molar-refractivity contribution in [2.45, 2.75) is 11.6 Å². The van der Waals surface area contributed by atoms with E-state index in [1.165, 1.54) is 31.6 Å². The minimum absolute atomic E-state index is 0.437. The molecule has 1 rings (SSSR count). The average Bonchev–Trinajstić information content (AvgIpc) is 2.27. The van der Waals surface area contributed by atoms with Crippen molar-refractivity contribution in [3.63, 3.8) is 0 Å². The van der Waals surface area contributed by atoms with Crippen LogP contribution < -0.4 is 9.30 Å². The summed E-state index contributed by atoms with van der Waals surface area (Å²) in [7, 11) is -9.50. The maximum absolute atomic E-state index is 11.1. The van der Waals surface area contributed by atoms with Crippen LogP contribution in [-0.2, 0) is 15.7 Å². The van der Waals surface area contributed by atoms with Gasteiger partial charge in [-0.15, -0.1) is 0 Å². The van der Waals surface area contributed by atoms with Crippen LogP contribution in [0.25, 0.3) is 0 Å². The first-order chi connectivity index (χ1) is 8.51. The molecule has 0 saturated heterocycles. The highest BCUT2D eigenvalue weighted by molar-refractivity contribution is 7.72. The SMILES string of the molecule is COc1cc[n+](CC(O)(P(=O)(O)O)P(=O)(O)O)cc1. The predicted molar refractivity (Wildman–Crippen MR) is 62.2 cm³/mol. The molecule has 0 spiro atoms. The van der Waals surface area contributed by atoms with Gasteiger partial charge in [-0.1, -0.05) is 0 Å². The topological polar surface area (TPSA) is 148 Å². The summed E-state index contributed by atoms with van der Waals surface area (Å²) in [4.78, 5) is 35.9. The first-order valence-corrected chi connectivity index (χ1v) is 8.10. The smallest absolute Gasteiger partial charge is 0.376 e. The molecular weight excluding hydrogens is 300 g/mol. The molecule has 0 radical (unpaired) electrons. The van der Waals surface area contributed by atoms with Gasteiger partial charge < -0.3 is 29.4 Å². The number of pyridine rings is 1. The fourth-order valence-corrected chi connectivity index (χ4v) is 3.34. The second-order valence-corrected chi connectivity index (χ2v) is 7.78. The minimum Gasteiger partial charge on any atom is -0.496 e. The minimum atomic E-state index is -5.45. The molecule has 0 aromatic carbocycles. The van der Waals surface area contributed by atoms with Crippen molar-refractivity contribution in [1.29, 1.82) is 0 Å². The zero-order valence-corrected chi connectivity index (χ0v) is 11.6. The van der Waals surface area contributed by atoms with Gasteiger partial charge in [-0.25, -0.2) is 4.57 Å².